The second-order valence-electron chi connectivity index (χ2n) is 18.6. The molecule has 2 aromatic heterocycles. The van der Waals surface area contributed by atoms with Gasteiger partial charge in [0.1, 0.15) is 23.7 Å². The van der Waals surface area contributed by atoms with Crippen LogP contribution >= 0.6 is 11.6 Å². The quantitative estimate of drug-likeness (QED) is 0.100. The number of piperidine rings is 2. The monoisotopic (exact) mass is 950 g/mol. The molecule has 0 radical (unpaired) electrons. The number of carbonyl (C=O) groups excluding carboxylic acids is 4. The van der Waals surface area contributed by atoms with Crippen molar-refractivity contribution in [3.63, 3.8) is 0 Å². The summed E-state index contributed by atoms with van der Waals surface area (Å²) in [6.45, 7) is 19.6. The first-order valence-corrected chi connectivity index (χ1v) is 23.6. The molecule has 4 heterocycles. The molecule has 3 N–H and O–H groups in total. The van der Waals surface area contributed by atoms with Crippen LogP contribution in [0.1, 0.15) is 140 Å². The summed E-state index contributed by atoms with van der Waals surface area (Å²) in [7, 11) is 0. The van der Waals surface area contributed by atoms with Gasteiger partial charge in [0.2, 0.25) is 0 Å². The normalized spacial score (nSPS) is 20.5. The number of hydrogen-bond donors (Lipinski definition) is 2. The van der Waals surface area contributed by atoms with Gasteiger partial charge in [0.05, 0.1) is 13.2 Å². The SMILES string of the molecule is CCOC(=O)c1coc(Cl)n1.CCOC(=O)c1coc(N[C@H]2C[C@@H](CC)N(C(=O)OC(C)(C)C)[C@@H](Cc3ccccc3)C2)n1.CC[C@@H]1C[C@H](N)C[C@H](Cc2ccccc2)N1C(=O)OC(C)(C)C. The number of nitrogens with two attached hydrogens (primary N) is 1. The molecule has 0 unspecified atom stereocenters. The third kappa shape index (κ3) is 17.5. The molecule has 2 aliphatic rings. The van der Waals surface area contributed by atoms with Gasteiger partial charge in [-0.1, -0.05) is 74.5 Å². The van der Waals surface area contributed by atoms with E-state index in [9.17, 15) is 19.2 Å². The molecule has 2 saturated heterocycles. The second kappa shape index (κ2) is 25.5. The predicted octanol–water partition coefficient (Wildman–Crippen LogP) is 10.3. The van der Waals surface area contributed by atoms with Crippen molar-refractivity contribution in [1.29, 1.82) is 0 Å². The predicted molar refractivity (Wildman–Crippen MR) is 256 cm³/mol. The summed E-state index contributed by atoms with van der Waals surface area (Å²) in [5.41, 5.74) is 7.83. The smallest absolute Gasteiger partial charge is 0.410 e. The van der Waals surface area contributed by atoms with Crippen molar-refractivity contribution in [3.05, 3.63) is 101 Å². The number of carbonyl (C=O) groups is 4. The van der Waals surface area contributed by atoms with Crippen molar-refractivity contribution >= 4 is 41.7 Å². The lowest BCUT2D eigenvalue weighted by Crippen LogP contribution is -2.56. The Morgan fingerprint density at radius 2 is 1.07 bits per heavy atom. The Labute approximate surface area is 400 Å². The Balaban J connectivity index is 0.000000248. The number of aromatic nitrogens is 2. The highest BCUT2D eigenvalue weighted by Crippen LogP contribution is 2.32. The molecule has 0 bridgehead atoms. The minimum absolute atomic E-state index is 0.000647. The standard InChI is InChI=1S/C25H35N3O5.C19H30N2O2.C6H6ClNO3/c1-6-19-14-18(26-23-27-21(16-32-23)22(29)31-7-2)15-20(13-17-11-9-8-10-12-17)28(19)24(30)33-25(3,4)5;1-5-16-12-15(20)13-17(11-14-9-7-6-8-10-14)21(16)18(22)23-19(2,3)4;1-2-10-5(9)4-3-11-6(7)8-4/h8-12,16,18-20H,6-7,13-15H2,1-5H3,(H,26,27);6-10,15-17H,5,11-13,20H2,1-4H3;3H,2H2,1H3/t18-,19+,20-;15-,16+,17-;/m00./s1. The van der Waals surface area contributed by atoms with Crippen molar-refractivity contribution in [2.24, 2.45) is 5.73 Å². The molecule has 6 atom stereocenters. The van der Waals surface area contributed by atoms with Gasteiger partial charge in [-0.05, 0) is 129 Å². The van der Waals surface area contributed by atoms with Gasteiger partial charge in [-0.25, -0.2) is 19.2 Å². The van der Waals surface area contributed by atoms with Crippen molar-refractivity contribution in [2.45, 2.75) is 168 Å². The third-order valence-corrected chi connectivity index (χ3v) is 11.1. The number of anilines is 1. The maximum absolute atomic E-state index is 13.2. The Kier molecular flexibility index (Phi) is 20.6. The average Bonchev–Trinajstić information content (AvgIpc) is 3.92. The van der Waals surface area contributed by atoms with E-state index in [2.05, 4.69) is 62.6 Å². The van der Waals surface area contributed by atoms with E-state index in [4.69, 9.17) is 36.0 Å². The first-order valence-electron chi connectivity index (χ1n) is 23.3. The highest BCUT2D eigenvalue weighted by Gasteiger charge is 2.41. The third-order valence-electron chi connectivity index (χ3n) is 10.9. The van der Waals surface area contributed by atoms with E-state index in [0.717, 1.165) is 50.4 Å². The highest BCUT2D eigenvalue weighted by atomic mass is 35.5. The zero-order chi connectivity index (χ0) is 49.3. The second-order valence-corrected chi connectivity index (χ2v) is 18.9. The van der Waals surface area contributed by atoms with E-state index < -0.39 is 23.1 Å². The zero-order valence-corrected chi connectivity index (χ0v) is 41.5. The fourth-order valence-corrected chi connectivity index (χ4v) is 8.30. The van der Waals surface area contributed by atoms with Gasteiger partial charge in [0.15, 0.2) is 11.4 Å². The lowest BCUT2D eigenvalue weighted by Gasteiger charge is -2.45. The first-order chi connectivity index (χ1) is 31.7. The van der Waals surface area contributed by atoms with Crippen LogP contribution in [0.4, 0.5) is 15.6 Å². The molecule has 2 amide bonds. The van der Waals surface area contributed by atoms with Crippen molar-refractivity contribution in [1.82, 2.24) is 19.8 Å². The van der Waals surface area contributed by atoms with E-state index in [1.54, 1.807) is 13.8 Å². The number of nitrogens with one attached hydrogen (secondary N) is 1. The lowest BCUT2D eigenvalue weighted by molar-refractivity contribution is -0.00912. The van der Waals surface area contributed by atoms with Gasteiger partial charge in [-0.2, -0.15) is 9.97 Å². The summed E-state index contributed by atoms with van der Waals surface area (Å²) >= 11 is 5.32. The fourth-order valence-electron chi connectivity index (χ4n) is 8.17. The summed E-state index contributed by atoms with van der Waals surface area (Å²) < 4.78 is 31.1. The van der Waals surface area contributed by atoms with Crippen molar-refractivity contribution in [2.75, 3.05) is 18.5 Å². The van der Waals surface area contributed by atoms with E-state index in [1.165, 1.54) is 11.8 Å². The van der Waals surface area contributed by atoms with Gasteiger partial charge in [0.25, 0.3) is 11.4 Å². The molecule has 0 aliphatic carbocycles. The molecular weight excluding hydrogens is 880 g/mol. The fraction of sp³-hybridized carbons (Fsp3) is 0.560. The molecule has 0 spiro atoms. The van der Waals surface area contributed by atoms with Crippen LogP contribution < -0.4 is 11.1 Å². The molecule has 67 heavy (non-hydrogen) atoms. The van der Waals surface area contributed by atoms with Crippen molar-refractivity contribution < 1.29 is 47.0 Å². The van der Waals surface area contributed by atoms with Gasteiger partial charge in [-0.3, -0.25) is 0 Å². The first kappa shape index (κ1) is 54.0. The van der Waals surface area contributed by atoms with Gasteiger partial charge < -0.3 is 48.6 Å². The topological polar surface area (TPSA) is 202 Å². The van der Waals surface area contributed by atoms with E-state index in [0.29, 0.717) is 19.4 Å². The molecule has 368 valence electrons. The van der Waals surface area contributed by atoms with E-state index in [1.807, 2.05) is 87.7 Å². The maximum atomic E-state index is 13.2. The zero-order valence-electron chi connectivity index (χ0n) is 40.8. The summed E-state index contributed by atoms with van der Waals surface area (Å²) in [6.07, 6.45) is 8.28. The largest absolute Gasteiger partial charge is 0.461 e. The van der Waals surface area contributed by atoms with Crippen LogP contribution in [0, 0.1) is 0 Å². The van der Waals surface area contributed by atoms with Crippen LogP contribution in [0.15, 0.2) is 82.0 Å². The molecule has 6 rings (SSSR count). The van der Waals surface area contributed by atoms with Crippen molar-refractivity contribution in [3.8, 4) is 0 Å². The molecular formula is C50H71ClN6O10. The van der Waals surface area contributed by atoms with Crippen LogP contribution in [0.3, 0.4) is 0 Å². The number of benzene rings is 2. The molecule has 17 heteroatoms. The number of amides is 2. The van der Waals surface area contributed by atoms with Crippen LogP contribution in [-0.2, 0) is 31.8 Å². The molecule has 2 aliphatic heterocycles. The number of likely N-dealkylation sites (tertiary alicyclic amines) is 2. The van der Waals surface area contributed by atoms with Crippen LogP contribution in [-0.4, -0.2) is 105 Å². The molecule has 2 aromatic carbocycles. The summed E-state index contributed by atoms with van der Waals surface area (Å²) in [5.74, 6) is -1.04. The van der Waals surface area contributed by atoms with Gasteiger partial charge in [-0.15, -0.1) is 0 Å². The number of ether oxygens (including phenoxy) is 4. The van der Waals surface area contributed by atoms with Crippen LogP contribution in [0.2, 0.25) is 5.35 Å². The average molecular weight is 952 g/mol. The van der Waals surface area contributed by atoms with Gasteiger partial charge in [0, 0.05) is 36.3 Å². The number of halogens is 1. The molecule has 2 fully saturated rings. The summed E-state index contributed by atoms with van der Waals surface area (Å²) in [4.78, 5) is 60.3. The minimum atomic E-state index is -0.566. The molecule has 16 nitrogen and oxygen atoms in total. The number of hydrogen-bond acceptors (Lipinski definition) is 14. The Morgan fingerprint density at radius 3 is 1.51 bits per heavy atom. The van der Waals surface area contributed by atoms with Crippen LogP contribution in [0.25, 0.3) is 0 Å². The summed E-state index contributed by atoms with van der Waals surface area (Å²) in [6, 6.07) is 21.1. The number of nitrogens with zero attached hydrogens (tertiary/aromatic N) is 4. The number of rotatable bonds is 12. The molecule has 4 aromatic rings. The maximum Gasteiger partial charge on any atom is 0.410 e. The lowest BCUT2D eigenvalue weighted by atomic mass is 9.87. The number of oxazole rings is 2. The van der Waals surface area contributed by atoms with E-state index >= 15 is 0 Å². The highest BCUT2D eigenvalue weighted by molar-refractivity contribution is 6.27. The van der Waals surface area contributed by atoms with Crippen LogP contribution in [0.5, 0.6) is 0 Å². The Hall–Kier alpha value is -5.61. The number of esters is 2. The minimum Gasteiger partial charge on any atom is -0.461 e. The van der Waals surface area contributed by atoms with E-state index in [-0.39, 0.29) is 77.8 Å². The Morgan fingerprint density at radius 1 is 0.657 bits per heavy atom. The van der Waals surface area contributed by atoms with Gasteiger partial charge >= 0.3 is 24.1 Å². The summed E-state index contributed by atoms with van der Waals surface area (Å²) in [5, 5.41) is 3.26. The molecule has 0 saturated carbocycles. The Bertz CT molecular complexity index is 2140.